The van der Waals surface area contributed by atoms with Crippen LogP contribution in [0.15, 0.2) is 46.0 Å². The first-order valence-electron chi connectivity index (χ1n) is 15.3. The summed E-state index contributed by atoms with van der Waals surface area (Å²) in [4.78, 5) is 51.7. The number of aliphatic hydroxyl groups excluding tert-OH is 2. The Morgan fingerprint density at radius 1 is 0.978 bits per heavy atom. The molecule has 0 bridgehead atoms. The van der Waals surface area contributed by atoms with Crippen LogP contribution in [0.5, 0.6) is 0 Å². The van der Waals surface area contributed by atoms with Crippen LogP contribution in [-0.2, 0) is 37.4 Å². The number of rotatable bonds is 12. The highest BCUT2D eigenvalue weighted by Gasteiger charge is 2.52. The summed E-state index contributed by atoms with van der Waals surface area (Å²) in [5, 5.41) is 49.3. The van der Waals surface area contributed by atoms with Crippen molar-refractivity contribution in [3.05, 3.63) is 68.5 Å². The third-order valence-electron chi connectivity index (χ3n) is 9.53. The molecular formula is C33H41N4O8S+. The van der Waals surface area contributed by atoms with Gasteiger partial charge in [0.15, 0.2) is 11.0 Å². The molecule has 5 rings (SSSR count). The first kappa shape index (κ1) is 33.1. The molecule has 0 spiro atoms. The zero-order chi connectivity index (χ0) is 33.4. The first-order chi connectivity index (χ1) is 21.8. The molecule has 46 heavy (non-hydrogen) atoms. The number of amides is 2. The molecule has 2 fully saturated rings. The Kier molecular flexibility index (Phi) is 9.54. The van der Waals surface area contributed by atoms with E-state index in [1.165, 1.54) is 17.8 Å². The Balaban J connectivity index is 1.53. The van der Waals surface area contributed by atoms with Crippen molar-refractivity contribution in [2.45, 2.75) is 76.8 Å². The van der Waals surface area contributed by atoms with E-state index < -0.39 is 36.0 Å². The number of carbonyl (C=O) groups is 4. The van der Waals surface area contributed by atoms with Gasteiger partial charge in [0.25, 0.3) is 5.91 Å². The molecule has 2 saturated heterocycles. The maximum absolute atomic E-state index is 12.6. The highest BCUT2D eigenvalue weighted by atomic mass is 32.2. The van der Waals surface area contributed by atoms with Crippen LogP contribution in [0, 0.1) is 18.8 Å². The van der Waals surface area contributed by atoms with Gasteiger partial charge in [0.05, 0.1) is 24.3 Å². The van der Waals surface area contributed by atoms with E-state index in [2.05, 4.69) is 20.9 Å². The zero-order valence-corrected chi connectivity index (χ0v) is 27.1. The second-order valence-corrected chi connectivity index (χ2v) is 13.8. The lowest BCUT2D eigenvalue weighted by Gasteiger charge is -2.27. The number of carboxylic acid groups (broad SMARTS) is 2. The molecule has 246 valence electrons. The molecule has 5 heterocycles. The van der Waals surface area contributed by atoms with Crippen molar-refractivity contribution >= 4 is 47.7 Å². The lowest BCUT2D eigenvalue weighted by atomic mass is 9.91. The topological polar surface area (TPSA) is 201 Å². The molecule has 1 aromatic rings. The number of aliphatic carboxylic acids is 2. The largest absolute Gasteiger partial charge is 0.516 e. The number of aliphatic hydroxyl groups is 2. The molecule has 12 nitrogen and oxygen atoms in total. The van der Waals surface area contributed by atoms with Gasteiger partial charge in [-0.3, -0.25) is 19.2 Å². The van der Waals surface area contributed by atoms with Crippen molar-refractivity contribution < 1.29 is 39.6 Å². The van der Waals surface area contributed by atoms with E-state index in [1.54, 1.807) is 6.92 Å². The molecule has 13 heteroatoms. The summed E-state index contributed by atoms with van der Waals surface area (Å²) in [5.41, 5.74) is 6.70. The zero-order valence-electron chi connectivity index (χ0n) is 26.2. The second kappa shape index (κ2) is 13.2. The average molecular weight is 654 g/mol. The van der Waals surface area contributed by atoms with Gasteiger partial charge in [0, 0.05) is 47.1 Å². The molecule has 0 aliphatic carbocycles. The minimum absolute atomic E-state index is 0.0116. The Morgan fingerprint density at radius 3 is 2.26 bits per heavy atom. The number of hydrogen-bond donors (Lipinski definition) is 8. The summed E-state index contributed by atoms with van der Waals surface area (Å²) >= 11 is 1.32. The van der Waals surface area contributed by atoms with Crippen LogP contribution in [0.4, 0.5) is 0 Å². The van der Waals surface area contributed by atoms with Gasteiger partial charge in [0.1, 0.15) is 6.10 Å². The predicted octanol–water partition coefficient (Wildman–Crippen LogP) is 2.00. The lowest BCUT2D eigenvalue weighted by molar-refractivity contribution is -0.138. The quantitative estimate of drug-likeness (QED) is 0.0719. The predicted molar refractivity (Wildman–Crippen MR) is 175 cm³/mol. The summed E-state index contributed by atoms with van der Waals surface area (Å²) in [5.74, 6) is -1.34. The summed E-state index contributed by atoms with van der Waals surface area (Å²) in [7, 11) is 0. The first-order valence-corrected chi connectivity index (χ1v) is 16.5. The number of carbonyl (C=O) groups excluding carboxylic acids is 2. The average Bonchev–Trinajstić information content (AvgIpc) is 3.56. The van der Waals surface area contributed by atoms with E-state index in [4.69, 9.17) is 0 Å². The van der Waals surface area contributed by atoms with Gasteiger partial charge in [0.2, 0.25) is 5.91 Å². The molecule has 6 atom stereocenters. The maximum atomic E-state index is 12.6. The third kappa shape index (κ3) is 6.52. The Bertz CT molecular complexity index is 1630. The van der Waals surface area contributed by atoms with Crippen LogP contribution in [0.3, 0.4) is 0 Å². The van der Waals surface area contributed by atoms with E-state index in [1.807, 2.05) is 32.9 Å². The molecule has 4 aliphatic heterocycles. The van der Waals surface area contributed by atoms with Gasteiger partial charge < -0.3 is 41.4 Å². The van der Waals surface area contributed by atoms with E-state index >= 15 is 0 Å². The highest BCUT2D eigenvalue weighted by molar-refractivity contribution is 7.86. The number of nitrogens with one attached hydrogen (secondary N) is 4. The van der Waals surface area contributed by atoms with Gasteiger partial charge in [-0.25, -0.2) is 0 Å². The fourth-order valence-corrected chi connectivity index (χ4v) is 7.81. The number of carboxylic acids is 2. The molecule has 1 aromatic heterocycles. The normalized spacial score (nSPS) is 28.4. The van der Waals surface area contributed by atoms with Crippen molar-refractivity contribution in [2.24, 2.45) is 11.8 Å². The maximum Gasteiger partial charge on any atom is 0.303 e. The Morgan fingerprint density at radius 2 is 1.63 bits per heavy atom. The molecule has 1 unspecified atom stereocenters. The van der Waals surface area contributed by atoms with Crippen LogP contribution < -0.4 is 16.0 Å². The fourth-order valence-electron chi connectivity index (χ4n) is 6.82. The smallest absolute Gasteiger partial charge is 0.303 e. The van der Waals surface area contributed by atoms with Crippen LogP contribution in [0.1, 0.15) is 62.5 Å². The molecule has 0 saturated carbocycles. The number of aromatic nitrogens is 1. The SMILES string of the molecule is CC1=C(CCC(=O)O)/C(=C/c2[nH]c(/C=C3\NC(=O)[C@H](C)[C@H]3[C@H]3C[SH+]3)c(C)c2CCC(=O)O)NC1[C@@H](O)[C@H]1NC(=O)C(/C=C\O)=C1C. The van der Waals surface area contributed by atoms with E-state index in [9.17, 15) is 39.6 Å². The number of thiol groups is 1. The van der Waals surface area contributed by atoms with E-state index in [0.717, 1.165) is 40.1 Å². The molecule has 4 aliphatic rings. The van der Waals surface area contributed by atoms with Gasteiger partial charge >= 0.3 is 11.9 Å². The van der Waals surface area contributed by atoms with Gasteiger partial charge in [-0.05, 0) is 91.4 Å². The lowest BCUT2D eigenvalue weighted by Crippen LogP contribution is -2.49. The van der Waals surface area contributed by atoms with Crippen LogP contribution in [-0.4, -0.2) is 78.4 Å². The Hall–Kier alpha value is -4.23. The summed E-state index contributed by atoms with van der Waals surface area (Å²) < 4.78 is 0. The van der Waals surface area contributed by atoms with E-state index in [0.29, 0.717) is 27.8 Å². The molecular weight excluding hydrogens is 612 g/mol. The fraction of sp³-hybridized carbons (Fsp3) is 0.455. The molecule has 8 N–H and O–H groups in total. The van der Waals surface area contributed by atoms with Crippen molar-refractivity contribution in [3.63, 3.8) is 0 Å². The summed E-state index contributed by atoms with van der Waals surface area (Å²) in [6.07, 6.45) is 4.86. The number of H-pyrrole nitrogens is 1. The van der Waals surface area contributed by atoms with Gasteiger partial charge in [-0.2, -0.15) is 0 Å². The molecule has 0 radical (unpaired) electrons. The van der Waals surface area contributed by atoms with Crippen molar-refractivity contribution in [2.75, 3.05) is 5.75 Å². The standard InChI is InChI=1S/C33H40N4O8S/c1-14-18(5-7-26(39)40)22(34-21(14)11-24-28(25-13-46-25)17(4)32(44)36-24)12-23-19(6-8-27(41)42)15(2)29(35-23)31(43)30-16(3)20(9-10-38)33(45)37-30/h9-12,17,25,28-31,34-35,38,43H,5-8,13H2,1-4H3,(H,36,44)(H,37,45)(H,39,40)(H,41,42)/p+1/b10-9-,23-12-,24-11-/t17-,25-,28-,29?,30+,31-/m1/s1. The van der Waals surface area contributed by atoms with Crippen molar-refractivity contribution in [1.82, 2.24) is 20.9 Å². The molecule has 2 amide bonds. The minimum atomic E-state index is -1.12. The third-order valence-corrected chi connectivity index (χ3v) is 10.6. The summed E-state index contributed by atoms with van der Waals surface area (Å²) in [6.45, 7) is 7.35. The number of hydrogen-bond acceptors (Lipinski definition) is 7. The van der Waals surface area contributed by atoms with Crippen molar-refractivity contribution in [3.8, 4) is 0 Å². The van der Waals surface area contributed by atoms with Gasteiger partial charge in [-0.1, -0.05) is 6.92 Å². The monoisotopic (exact) mass is 653 g/mol. The summed E-state index contributed by atoms with van der Waals surface area (Å²) in [6, 6.07) is -1.41. The number of aromatic amines is 1. The minimum Gasteiger partial charge on any atom is -0.516 e. The van der Waals surface area contributed by atoms with Crippen LogP contribution in [0.25, 0.3) is 12.2 Å². The van der Waals surface area contributed by atoms with Crippen LogP contribution in [0.2, 0.25) is 0 Å². The Labute approximate surface area is 270 Å². The van der Waals surface area contributed by atoms with Gasteiger partial charge in [-0.15, -0.1) is 0 Å². The second-order valence-electron chi connectivity index (χ2n) is 12.4. The van der Waals surface area contributed by atoms with Crippen LogP contribution >= 0.6 is 0 Å². The highest BCUT2D eigenvalue weighted by Crippen LogP contribution is 2.39. The molecule has 0 aromatic carbocycles. The number of allylic oxidation sites excluding steroid dienone is 2. The van der Waals surface area contributed by atoms with Crippen molar-refractivity contribution in [1.29, 1.82) is 0 Å². The van der Waals surface area contributed by atoms with E-state index in [-0.39, 0.29) is 49.0 Å².